The van der Waals surface area contributed by atoms with Gasteiger partial charge in [-0.2, -0.15) is 0 Å². The van der Waals surface area contributed by atoms with Crippen LogP contribution in [0.5, 0.6) is 0 Å². The number of fused-ring (bicyclic) bond motifs is 2. The molecule has 3 fully saturated rings. The first-order valence-electron chi connectivity index (χ1n) is 4.16. The average Bonchev–Trinajstić information content (AvgIpc) is 2.56. The first kappa shape index (κ1) is 5.56. The predicted octanol–water partition coefficient (Wildman–Crippen LogP) is 1.10. The zero-order valence-corrected chi connectivity index (χ0v) is 6.01. The van der Waals surface area contributed by atoms with Gasteiger partial charge in [0.2, 0.25) is 0 Å². The standard InChI is InChI=1S/C8H12O2/c1-2-7-4-8(5-9-8)3-6(1)10-7/h6-7H,1-5H2. The Hall–Kier alpha value is -0.0800. The smallest absolute Gasteiger partial charge is 0.0965 e. The number of hydrogen-bond donors (Lipinski definition) is 0. The molecule has 3 aliphatic rings. The summed E-state index contributed by atoms with van der Waals surface area (Å²) in [6.07, 6.45) is 5.97. The van der Waals surface area contributed by atoms with E-state index in [0.29, 0.717) is 17.8 Å². The number of epoxide rings is 1. The van der Waals surface area contributed by atoms with E-state index in [2.05, 4.69) is 0 Å². The maximum atomic E-state index is 5.69. The Labute approximate surface area is 60.5 Å². The zero-order valence-electron chi connectivity index (χ0n) is 6.01. The molecule has 0 aromatic carbocycles. The Morgan fingerprint density at radius 3 is 2.20 bits per heavy atom. The van der Waals surface area contributed by atoms with E-state index in [1.165, 1.54) is 25.7 Å². The lowest BCUT2D eigenvalue weighted by molar-refractivity contribution is -0.0293. The van der Waals surface area contributed by atoms with Gasteiger partial charge in [0.1, 0.15) is 0 Å². The number of rotatable bonds is 0. The van der Waals surface area contributed by atoms with Crippen LogP contribution >= 0.6 is 0 Å². The van der Waals surface area contributed by atoms with Crippen molar-refractivity contribution < 1.29 is 9.47 Å². The quantitative estimate of drug-likeness (QED) is 0.470. The molecule has 3 saturated heterocycles. The normalized spacial score (nSPS) is 57.6. The summed E-state index contributed by atoms with van der Waals surface area (Å²) >= 11 is 0. The van der Waals surface area contributed by atoms with Crippen molar-refractivity contribution in [3.63, 3.8) is 0 Å². The molecule has 0 aromatic heterocycles. The molecule has 2 unspecified atom stereocenters. The lowest BCUT2D eigenvalue weighted by Gasteiger charge is -2.25. The monoisotopic (exact) mass is 140 g/mol. The lowest BCUT2D eigenvalue weighted by atomic mass is 9.97. The molecule has 0 aromatic rings. The molecular weight excluding hydrogens is 128 g/mol. The molecule has 10 heavy (non-hydrogen) atoms. The van der Waals surface area contributed by atoms with Gasteiger partial charge in [-0.05, 0) is 12.8 Å². The van der Waals surface area contributed by atoms with E-state index in [1.807, 2.05) is 0 Å². The molecule has 3 rings (SSSR count). The highest BCUT2D eigenvalue weighted by atomic mass is 16.6. The Kier molecular flexibility index (Phi) is 0.868. The van der Waals surface area contributed by atoms with Gasteiger partial charge in [0, 0.05) is 12.8 Å². The van der Waals surface area contributed by atoms with Gasteiger partial charge in [-0.3, -0.25) is 0 Å². The van der Waals surface area contributed by atoms with Gasteiger partial charge in [-0.25, -0.2) is 0 Å². The molecule has 0 amide bonds. The Morgan fingerprint density at radius 1 is 1.10 bits per heavy atom. The van der Waals surface area contributed by atoms with E-state index in [4.69, 9.17) is 9.47 Å². The van der Waals surface area contributed by atoms with E-state index >= 15 is 0 Å². The van der Waals surface area contributed by atoms with Gasteiger partial charge < -0.3 is 9.47 Å². The van der Waals surface area contributed by atoms with E-state index in [0.717, 1.165) is 6.61 Å². The summed E-state index contributed by atoms with van der Waals surface area (Å²) in [5.74, 6) is 0. The Balaban J connectivity index is 1.84. The van der Waals surface area contributed by atoms with Gasteiger partial charge >= 0.3 is 0 Å². The predicted molar refractivity (Wildman–Crippen MR) is 35.8 cm³/mol. The highest BCUT2D eigenvalue weighted by Crippen LogP contribution is 2.47. The SMILES string of the molecule is C1CC2CC3(CO3)CC1O2. The average molecular weight is 140 g/mol. The Bertz CT molecular complexity index is 149. The molecular formula is C8H12O2. The summed E-state index contributed by atoms with van der Waals surface area (Å²) in [5, 5.41) is 0. The minimum atomic E-state index is 0.310. The highest BCUT2D eigenvalue weighted by molar-refractivity contribution is 5.02. The van der Waals surface area contributed by atoms with Crippen molar-refractivity contribution in [2.24, 2.45) is 0 Å². The highest BCUT2D eigenvalue weighted by Gasteiger charge is 2.53. The molecule has 56 valence electrons. The molecule has 2 bridgehead atoms. The Morgan fingerprint density at radius 2 is 1.70 bits per heavy atom. The number of hydrogen-bond acceptors (Lipinski definition) is 2. The van der Waals surface area contributed by atoms with Gasteiger partial charge in [-0.1, -0.05) is 0 Å². The topological polar surface area (TPSA) is 21.8 Å². The van der Waals surface area contributed by atoms with Crippen LogP contribution in [0.1, 0.15) is 25.7 Å². The molecule has 2 nitrogen and oxygen atoms in total. The second-order valence-corrected chi connectivity index (χ2v) is 3.84. The van der Waals surface area contributed by atoms with Crippen LogP contribution in [0, 0.1) is 0 Å². The second-order valence-electron chi connectivity index (χ2n) is 3.84. The summed E-state index contributed by atoms with van der Waals surface area (Å²) in [7, 11) is 0. The molecule has 0 saturated carbocycles. The van der Waals surface area contributed by atoms with E-state index in [-0.39, 0.29) is 0 Å². The van der Waals surface area contributed by atoms with Gasteiger partial charge in [0.05, 0.1) is 24.4 Å². The second kappa shape index (κ2) is 1.56. The van der Waals surface area contributed by atoms with E-state index in [1.54, 1.807) is 0 Å². The zero-order chi connectivity index (χ0) is 6.60. The van der Waals surface area contributed by atoms with Crippen LogP contribution in [-0.4, -0.2) is 24.4 Å². The fourth-order valence-corrected chi connectivity index (χ4v) is 2.33. The van der Waals surface area contributed by atoms with Crippen LogP contribution in [0.3, 0.4) is 0 Å². The third kappa shape index (κ3) is 0.663. The third-order valence-corrected chi connectivity index (χ3v) is 2.95. The minimum absolute atomic E-state index is 0.310. The van der Waals surface area contributed by atoms with Crippen molar-refractivity contribution in [1.29, 1.82) is 0 Å². The van der Waals surface area contributed by atoms with E-state index in [9.17, 15) is 0 Å². The summed E-state index contributed by atoms with van der Waals surface area (Å²) < 4.78 is 11.1. The molecule has 0 N–H and O–H groups in total. The lowest BCUT2D eigenvalue weighted by Crippen LogP contribution is -2.31. The van der Waals surface area contributed by atoms with Crippen molar-refractivity contribution in [1.82, 2.24) is 0 Å². The van der Waals surface area contributed by atoms with E-state index < -0.39 is 0 Å². The van der Waals surface area contributed by atoms with Crippen LogP contribution < -0.4 is 0 Å². The molecule has 1 spiro atoms. The van der Waals surface area contributed by atoms with Gasteiger partial charge in [0.15, 0.2) is 0 Å². The maximum absolute atomic E-state index is 5.69. The summed E-state index contributed by atoms with van der Waals surface area (Å²) in [6.45, 7) is 1.00. The van der Waals surface area contributed by atoms with Crippen molar-refractivity contribution in [2.75, 3.05) is 6.61 Å². The third-order valence-electron chi connectivity index (χ3n) is 2.95. The van der Waals surface area contributed by atoms with Crippen molar-refractivity contribution in [3.05, 3.63) is 0 Å². The van der Waals surface area contributed by atoms with Crippen molar-refractivity contribution >= 4 is 0 Å². The fourth-order valence-electron chi connectivity index (χ4n) is 2.33. The molecule has 3 aliphatic heterocycles. The van der Waals surface area contributed by atoms with Crippen LogP contribution in [0.15, 0.2) is 0 Å². The molecule has 2 atom stereocenters. The number of ether oxygens (including phenoxy) is 2. The first-order chi connectivity index (χ1) is 4.86. The molecule has 3 heterocycles. The molecule has 0 radical (unpaired) electrons. The summed E-state index contributed by atoms with van der Waals surface area (Å²) in [6, 6.07) is 0. The molecule has 2 heteroatoms. The molecule has 0 aliphatic carbocycles. The van der Waals surface area contributed by atoms with Gasteiger partial charge in [0.25, 0.3) is 0 Å². The van der Waals surface area contributed by atoms with Crippen molar-refractivity contribution in [3.8, 4) is 0 Å². The van der Waals surface area contributed by atoms with Crippen molar-refractivity contribution in [2.45, 2.75) is 43.5 Å². The van der Waals surface area contributed by atoms with Crippen LogP contribution in [-0.2, 0) is 9.47 Å². The van der Waals surface area contributed by atoms with Crippen LogP contribution in [0.25, 0.3) is 0 Å². The van der Waals surface area contributed by atoms with Gasteiger partial charge in [-0.15, -0.1) is 0 Å². The maximum Gasteiger partial charge on any atom is 0.0965 e. The van der Waals surface area contributed by atoms with Crippen LogP contribution in [0.4, 0.5) is 0 Å². The fraction of sp³-hybridized carbons (Fsp3) is 1.00. The summed E-state index contributed by atoms with van der Waals surface area (Å²) in [5.41, 5.74) is 0.310. The largest absolute Gasteiger partial charge is 0.375 e. The van der Waals surface area contributed by atoms with Crippen LogP contribution in [0.2, 0.25) is 0 Å². The first-order valence-corrected chi connectivity index (χ1v) is 4.16. The minimum Gasteiger partial charge on any atom is -0.375 e. The summed E-state index contributed by atoms with van der Waals surface area (Å²) in [4.78, 5) is 0.